The number of aromatic carboxylic acids is 1. The number of hydrogen-bond acceptors (Lipinski definition) is 4. The Balaban J connectivity index is 1.84. The van der Waals surface area contributed by atoms with Crippen molar-refractivity contribution in [2.75, 3.05) is 0 Å². The third kappa shape index (κ3) is 2.55. The second-order valence-electron chi connectivity index (χ2n) is 4.59. The lowest BCUT2D eigenvalue weighted by Crippen LogP contribution is -2.01. The number of para-hydroxylation sites is 1. The summed E-state index contributed by atoms with van der Waals surface area (Å²) in [5.74, 6) is -0.624. The van der Waals surface area contributed by atoms with Gasteiger partial charge in [-0.2, -0.15) is 5.10 Å². The number of hydrogen-bond donors (Lipinski definition) is 1. The van der Waals surface area contributed by atoms with Crippen molar-refractivity contribution in [2.45, 2.75) is 6.61 Å². The van der Waals surface area contributed by atoms with Gasteiger partial charge in [0.25, 0.3) is 0 Å². The van der Waals surface area contributed by atoms with Crippen LogP contribution in [0.3, 0.4) is 0 Å². The second kappa shape index (κ2) is 5.24. The second-order valence-corrected chi connectivity index (χ2v) is 4.59. The first-order chi connectivity index (χ1) is 10.1. The van der Waals surface area contributed by atoms with Crippen LogP contribution in [0.4, 0.5) is 0 Å². The summed E-state index contributed by atoms with van der Waals surface area (Å²) in [6.45, 7) is 0.256. The highest BCUT2D eigenvalue weighted by Crippen LogP contribution is 2.19. The smallest absolute Gasteiger partial charge is 0.337 e. The Kier molecular flexibility index (Phi) is 3.27. The highest BCUT2D eigenvalue weighted by Gasteiger charge is 2.09. The maximum absolute atomic E-state index is 10.9. The van der Waals surface area contributed by atoms with Gasteiger partial charge in [-0.05, 0) is 12.1 Å². The topological polar surface area (TPSA) is 77.2 Å². The van der Waals surface area contributed by atoms with Crippen LogP contribution < -0.4 is 4.74 Å². The molecule has 0 atom stereocenters. The summed E-state index contributed by atoms with van der Waals surface area (Å²) in [6, 6.07) is 9.31. The molecule has 0 saturated carbocycles. The van der Waals surface area contributed by atoms with Crippen molar-refractivity contribution in [3.63, 3.8) is 0 Å². The van der Waals surface area contributed by atoms with Crippen LogP contribution in [-0.2, 0) is 13.7 Å². The standard InChI is InChI=1S/C15H13N3O3/c1-18-14-5-3-2-4-12(14)13(17-18)9-21-11-6-10(15(19)20)7-16-8-11/h2-8H,9H2,1H3,(H,19,20). The largest absolute Gasteiger partial charge is 0.486 e. The van der Waals surface area contributed by atoms with Gasteiger partial charge < -0.3 is 9.84 Å². The van der Waals surface area contributed by atoms with Gasteiger partial charge in [-0.15, -0.1) is 0 Å². The zero-order valence-corrected chi connectivity index (χ0v) is 11.4. The van der Waals surface area contributed by atoms with Crippen molar-refractivity contribution < 1.29 is 14.6 Å². The molecule has 0 amide bonds. The van der Waals surface area contributed by atoms with Crippen LogP contribution in [0.1, 0.15) is 16.1 Å². The third-order valence-corrected chi connectivity index (χ3v) is 3.17. The van der Waals surface area contributed by atoms with Gasteiger partial charge in [-0.1, -0.05) is 18.2 Å². The van der Waals surface area contributed by atoms with Gasteiger partial charge in [0.15, 0.2) is 0 Å². The molecule has 0 fully saturated rings. The minimum absolute atomic E-state index is 0.0957. The van der Waals surface area contributed by atoms with Gasteiger partial charge in [0, 0.05) is 18.6 Å². The molecule has 6 heteroatoms. The molecule has 1 aromatic carbocycles. The molecule has 0 aliphatic heterocycles. The summed E-state index contributed by atoms with van der Waals surface area (Å²) in [6.07, 6.45) is 2.77. The average molecular weight is 283 g/mol. The van der Waals surface area contributed by atoms with E-state index in [-0.39, 0.29) is 12.2 Å². The fraction of sp³-hybridized carbons (Fsp3) is 0.133. The molecule has 3 aromatic rings. The molecule has 6 nitrogen and oxygen atoms in total. The number of nitrogens with zero attached hydrogens (tertiary/aromatic N) is 3. The van der Waals surface area contributed by atoms with E-state index in [1.54, 1.807) is 4.68 Å². The molecule has 106 valence electrons. The van der Waals surface area contributed by atoms with Crippen molar-refractivity contribution in [2.24, 2.45) is 7.05 Å². The van der Waals surface area contributed by atoms with Gasteiger partial charge in [0.1, 0.15) is 18.1 Å². The van der Waals surface area contributed by atoms with E-state index in [4.69, 9.17) is 9.84 Å². The van der Waals surface area contributed by atoms with E-state index in [1.165, 1.54) is 18.5 Å². The Morgan fingerprint density at radius 3 is 2.95 bits per heavy atom. The normalized spacial score (nSPS) is 10.7. The summed E-state index contributed by atoms with van der Waals surface area (Å²) in [5, 5.41) is 14.4. The lowest BCUT2D eigenvalue weighted by molar-refractivity contribution is 0.0696. The van der Waals surface area contributed by atoms with E-state index < -0.39 is 5.97 Å². The maximum Gasteiger partial charge on any atom is 0.337 e. The van der Waals surface area contributed by atoms with Crippen LogP contribution in [0.5, 0.6) is 5.75 Å². The van der Waals surface area contributed by atoms with Crippen LogP contribution in [0.2, 0.25) is 0 Å². The summed E-state index contributed by atoms with van der Waals surface area (Å²) >= 11 is 0. The zero-order chi connectivity index (χ0) is 14.8. The Hall–Kier alpha value is -2.89. The molecule has 0 spiro atoms. The Morgan fingerprint density at radius 2 is 2.14 bits per heavy atom. The van der Waals surface area contributed by atoms with Crippen LogP contribution in [0.15, 0.2) is 42.7 Å². The molecule has 0 saturated heterocycles. The molecular weight excluding hydrogens is 270 g/mol. The minimum Gasteiger partial charge on any atom is -0.486 e. The van der Waals surface area contributed by atoms with Gasteiger partial charge in [0.05, 0.1) is 17.3 Å². The summed E-state index contributed by atoms with van der Waals surface area (Å²) < 4.78 is 7.39. The van der Waals surface area contributed by atoms with E-state index in [1.807, 2.05) is 31.3 Å². The molecule has 0 aliphatic carbocycles. The quantitative estimate of drug-likeness (QED) is 0.794. The molecule has 3 rings (SSSR count). The summed E-state index contributed by atoms with van der Waals surface area (Å²) in [4.78, 5) is 14.7. The number of pyridine rings is 1. The van der Waals surface area contributed by atoms with Gasteiger partial charge >= 0.3 is 5.97 Å². The zero-order valence-electron chi connectivity index (χ0n) is 11.4. The first-order valence-electron chi connectivity index (χ1n) is 6.37. The number of carbonyl (C=O) groups is 1. The Morgan fingerprint density at radius 1 is 1.33 bits per heavy atom. The fourth-order valence-corrected chi connectivity index (χ4v) is 2.16. The van der Waals surface area contributed by atoms with Crippen LogP contribution >= 0.6 is 0 Å². The van der Waals surface area contributed by atoms with Crippen LogP contribution in [0, 0.1) is 0 Å². The van der Waals surface area contributed by atoms with E-state index in [9.17, 15) is 4.79 Å². The molecular formula is C15H13N3O3. The number of fused-ring (bicyclic) bond motifs is 1. The van der Waals surface area contributed by atoms with Gasteiger partial charge in [-0.3, -0.25) is 9.67 Å². The summed E-state index contributed by atoms with van der Waals surface area (Å²) in [5.41, 5.74) is 1.92. The minimum atomic E-state index is -1.03. The number of rotatable bonds is 4. The molecule has 2 aromatic heterocycles. The number of aryl methyl sites for hydroxylation is 1. The molecule has 0 aliphatic rings. The maximum atomic E-state index is 10.9. The molecule has 1 N–H and O–H groups in total. The number of benzene rings is 1. The number of carboxylic acids is 1. The van der Waals surface area contributed by atoms with E-state index in [2.05, 4.69) is 10.1 Å². The van der Waals surface area contributed by atoms with Gasteiger partial charge in [0.2, 0.25) is 0 Å². The van der Waals surface area contributed by atoms with Crippen molar-refractivity contribution in [1.82, 2.24) is 14.8 Å². The van der Waals surface area contributed by atoms with Crippen molar-refractivity contribution >= 4 is 16.9 Å². The fourth-order valence-electron chi connectivity index (χ4n) is 2.16. The SMILES string of the molecule is Cn1nc(COc2cncc(C(=O)O)c2)c2ccccc21. The molecule has 21 heavy (non-hydrogen) atoms. The van der Waals surface area contributed by atoms with Crippen LogP contribution in [-0.4, -0.2) is 25.8 Å². The first-order valence-corrected chi connectivity index (χ1v) is 6.37. The predicted octanol–water partition coefficient (Wildman–Crippen LogP) is 2.25. The monoisotopic (exact) mass is 283 g/mol. The first kappa shape index (κ1) is 13.1. The summed E-state index contributed by atoms with van der Waals surface area (Å²) in [7, 11) is 1.87. The van der Waals surface area contributed by atoms with Crippen molar-refractivity contribution in [3.05, 3.63) is 54.0 Å². The number of aromatic nitrogens is 3. The lowest BCUT2D eigenvalue weighted by atomic mass is 10.2. The highest BCUT2D eigenvalue weighted by molar-refractivity contribution is 5.87. The van der Waals surface area contributed by atoms with Crippen molar-refractivity contribution in [1.29, 1.82) is 0 Å². The van der Waals surface area contributed by atoms with E-state index in [0.29, 0.717) is 5.75 Å². The van der Waals surface area contributed by atoms with Crippen LogP contribution in [0.25, 0.3) is 10.9 Å². The van der Waals surface area contributed by atoms with Crippen molar-refractivity contribution in [3.8, 4) is 5.75 Å². The molecule has 2 heterocycles. The lowest BCUT2D eigenvalue weighted by Gasteiger charge is -2.04. The predicted molar refractivity (Wildman–Crippen MR) is 76.2 cm³/mol. The number of ether oxygens (including phenoxy) is 1. The Bertz CT molecular complexity index is 811. The highest BCUT2D eigenvalue weighted by atomic mass is 16.5. The number of carboxylic acid groups (broad SMARTS) is 1. The van der Waals surface area contributed by atoms with E-state index >= 15 is 0 Å². The van der Waals surface area contributed by atoms with Gasteiger partial charge in [-0.25, -0.2) is 4.79 Å². The third-order valence-electron chi connectivity index (χ3n) is 3.17. The molecule has 0 unspecified atom stereocenters. The Labute approximate surface area is 120 Å². The van der Waals surface area contributed by atoms with E-state index in [0.717, 1.165) is 16.6 Å². The average Bonchev–Trinajstić information content (AvgIpc) is 2.82. The molecule has 0 bridgehead atoms. The molecule has 0 radical (unpaired) electrons.